The average molecular weight is 354 g/mol. The number of esters is 1. The maximum atomic E-state index is 13.1. The maximum absolute atomic E-state index is 13.1. The average Bonchev–Trinajstić information content (AvgIpc) is 3.01. The summed E-state index contributed by atoms with van der Waals surface area (Å²) in [7, 11) is 3.55. The van der Waals surface area contributed by atoms with E-state index in [4.69, 9.17) is 4.74 Å². The molecule has 1 aromatic carbocycles. The van der Waals surface area contributed by atoms with Gasteiger partial charge in [-0.25, -0.2) is 0 Å². The maximum Gasteiger partial charge on any atom is 0.310 e. The van der Waals surface area contributed by atoms with Crippen molar-refractivity contribution in [2.45, 2.75) is 32.2 Å². The van der Waals surface area contributed by atoms with Gasteiger partial charge in [0.1, 0.15) is 0 Å². The Kier molecular flexibility index (Phi) is 4.35. The summed E-state index contributed by atoms with van der Waals surface area (Å²) in [6.45, 7) is 3.06. The minimum absolute atomic E-state index is 0.0423. The molecule has 5 nitrogen and oxygen atoms in total. The van der Waals surface area contributed by atoms with Crippen LogP contribution >= 0.6 is 0 Å². The van der Waals surface area contributed by atoms with E-state index in [1.165, 1.54) is 7.11 Å². The van der Waals surface area contributed by atoms with Crippen LogP contribution in [-0.2, 0) is 16.0 Å². The summed E-state index contributed by atoms with van der Waals surface area (Å²) >= 11 is 0. The number of likely N-dealkylation sites (N-methyl/N-ethyl adjacent to an activating group) is 1. The smallest absolute Gasteiger partial charge is 0.310 e. The van der Waals surface area contributed by atoms with E-state index >= 15 is 0 Å². The van der Waals surface area contributed by atoms with Crippen LogP contribution in [0.3, 0.4) is 0 Å². The summed E-state index contributed by atoms with van der Waals surface area (Å²) in [5.74, 6) is 0.0584. The van der Waals surface area contributed by atoms with Crippen LogP contribution in [0, 0.1) is 17.8 Å². The lowest BCUT2D eigenvalue weighted by atomic mass is 9.67. The van der Waals surface area contributed by atoms with E-state index in [1.54, 1.807) is 0 Å². The highest BCUT2D eigenvalue weighted by Crippen LogP contribution is 2.42. The molecule has 2 heterocycles. The minimum Gasteiger partial charge on any atom is -0.469 e. The number of aromatic nitrogens is 1. The molecule has 4 rings (SSSR count). The standard InChI is InChI=1S/C21H26N2O3/c1-4-12-11-23(2)17-9-15-13-7-5-6-8-16(13)22-20(15)18(24)10-14(12)19(17)21(25)26-3/h5-8,12,14,17,19,22H,4,9-11H2,1-3H3/t12-,14-,17-,19?/m0/s1. The third kappa shape index (κ3) is 2.57. The third-order valence-electron chi connectivity index (χ3n) is 6.49. The van der Waals surface area contributed by atoms with Crippen molar-refractivity contribution in [2.75, 3.05) is 20.7 Å². The number of likely N-dealkylation sites (tertiary alicyclic amines) is 1. The quantitative estimate of drug-likeness (QED) is 0.842. The molecule has 1 N–H and O–H groups in total. The molecular weight excluding hydrogens is 328 g/mol. The first-order valence-corrected chi connectivity index (χ1v) is 9.46. The molecule has 1 unspecified atom stereocenters. The molecule has 1 aliphatic carbocycles. The topological polar surface area (TPSA) is 62.4 Å². The second-order valence-corrected chi connectivity index (χ2v) is 7.74. The van der Waals surface area contributed by atoms with Crippen molar-refractivity contribution < 1.29 is 14.3 Å². The van der Waals surface area contributed by atoms with Crippen molar-refractivity contribution in [3.8, 4) is 0 Å². The predicted molar refractivity (Wildman–Crippen MR) is 100 cm³/mol. The Bertz CT molecular complexity index is 856. The minimum atomic E-state index is -0.255. The molecule has 2 aromatic rings. The lowest BCUT2D eigenvalue weighted by Crippen LogP contribution is -2.56. The first-order valence-electron chi connectivity index (χ1n) is 9.46. The van der Waals surface area contributed by atoms with Gasteiger partial charge in [-0.2, -0.15) is 0 Å². The number of carbonyl (C=O) groups excluding carboxylic acids is 2. The van der Waals surface area contributed by atoms with Crippen LogP contribution in [0.5, 0.6) is 0 Å². The van der Waals surface area contributed by atoms with Crippen molar-refractivity contribution >= 4 is 22.7 Å². The highest BCUT2D eigenvalue weighted by atomic mass is 16.5. The van der Waals surface area contributed by atoms with E-state index in [0.29, 0.717) is 18.8 Å². The fraction of sp³-hybridized carbons (Fsp3) is 0.524. The van der Waals surface area contributed by atoms with Gasteiger partial charge in [0, 0.05) is 29.9 Å². The van der Waals surface area contributed by atoms with Gasteiger partial charge in [0.05, 0.1) is 18.7 Å². The molecule has 2 aliphatic rings. The molecule has 2 bridgehead atoms. The summed E-state index contributed by atoms with van der Waals surface area (Å²) < 4.78 is 5.17. The molecule has 0 radical (unpaired) electrons. The van der Waals surface area contributed by atoms with Crippen molar-refractivity contribution in [3.63, 3.8) is 0 Å². The molecule has 1 fully saturated rings. The van der Waals surface area contributed by atoms with Gasteiger partial charge in [-0.15, -0.1) is 0 Å². The van der Waals surface area contributed by atoms with Crippen LogP contribution in [0.4, 0.5) is 0 Å². The van der Waals surface area contributed by atoms with E-state index in [-0.39, 0.29) is 29.6 Å². The molecule has 138 valence electrons. The van der Waals surface area contributed by atoms with Crippen molar-refractivity contribution in [2.24, 2.45) is 17.8 Å². The summed E-state index contributed by atoms with van der Waals surface area (Å²) in [6, 6.07) is 8.10. The van der Waals surface area contributed by atoms with Crippen LogP contribution in [-0.4, -0.2) is 48.4 Å². The SMILES string of the molecule is CC[C@H]1CN(C)[C@H]2Cc3c([nH]c4ccccc34)C(=O)C[C@@H]1C2C(=O)OC. The molecule has 1 saturated heterocycles. The van der Waals surface area contributed by atoms with Gasteiger partial charge >= 0.3 is 5.97 Å². The molecule has 0 saturated carbocycles. The summed E-state index contributed by atoms with van der Waals surface area (Å²) in [5, 5.41) is 1.09. The van der Waals surface area contributed by atoms with Crippen molar-refractivity contribution in [3.05, 3.63) is 35.5 Å². The van der Waals surface area contributed by atoms with E-state index in [9.17, 15) is 9.59 Å². The fourth-order valence-electron chi connectivity index (χ4n) is 5.15. The van der Waals surface area contributed by atoms with Gasteiger partial charge < -0.3 is 14.6 Å². The van der Waals surface area contributed by atoms with E-state index in [0.717, 1.165) is 35.1 Å². The molecule has 0 amide bonds. The number of methoxy groups -OCH3 is 1. The monoisotopic (exact) mass is 354 g/mol. The van der Waals surface area contributed by atoms with Gasteiger partial charge in [-0.3, -0.25) is 9.59 Å². The number of Topliss-reactive ketones (excluding diaryl/α,β-unsaturated/α-hetero) is 1. The molecule has 1 aliphatic heterocycles. The van der Waals surface area contributed by atoms with Gasteiger partial charge in [0.15, 0.2) is 5.78 Å². The predicted octanol–water partition coefficient (Wildman–Crippen LogP) is 3.04. The van der Waals surface area contributed by atoms with Gasteiger partial charge in [0.25, 0.3) is 0 Å². The fourth-order valence-corrected chi connectivity index (χ4v) is 5.15. The lowest BCUT2D eigenvalue weighted by Gasteiger charge is -2.47. The second kappa shape index (κ2) is 6.54. The normalized spacial score (nSPS) is 29.1. The Morgan fingerprint density at radius 2 is 2.08 bits per heavy atom. The number of hydrogen-bond acceptors (Lipinski definition) is 4. The zero-order valence-electron chi connectivity index (χ0n) is 15.6. The Morgan fingerprint density at radius 1 is 1.31 bits per heavy atom. The second-order valence-electron chi connectivity index (χ2n) is 7.74. The lowest BCUT2D eigenvalue weighted by molar-refractivity contribution is -0.154. The highest BCUT2D eigenvalue weighted by molar-refractivity contribution is 6.03. The van der Waals surface area contributed by atoms with Gasteiger partial charge in [-0.05, 0) is 36.9 Å². The van der Waals surface area contributed by atoms with E-state index in [1.807, 2.05) is 18.2 Å². The number of nitrogens with zero attached hydrogens (tertiary/aromatic N) is 1. The van der Waals surface area contributed by atoms with Crippen molar-refractivity contribution in [1.29, 1.82) is 0 Å². The number of para-hydroxylation sites is 1. The first kappa shape index (κ1) is 17.3. The van der Waals surface area contributed by atoms with Crippen LogP contribution in [0.2, 0.25) is 0 Å². The number of benzene rings is 1. The number of piperidine rings is 1. The van der Waals surface area contributed by atoms with E-state index < -0.39 is 0 Å². The first-order chi connectivity index (χ1) is 12.5. The van der Waals surface area contributed by atoms with E-state index in [2.05, 4.69) is 29.9 Å². The zero-order chi connectivity index (χ0) is 18.4. The number of aromatic amines is 1. The van der Waals surface area contributed by atoms with Crippen LogP contribution in [0.25, 0.3) is 10.9 Å². The van der Waals surface area contributed by atoms with Crippen LogP contribution in [0.15, 0.2) is 24.3 Å². The summed E-state index contributed by atoms with van der Waals surface area (Å²) in [5.41, 5.74) is 2.77. The van der Waals surface area contributed by atoms with Crippen molar-refractivity contribution in [1.82, 2.24) is 9.88 Å². The largest absolute Gasteiger partial charge is 0.469 e. The number of hydrogen-bond donors (Lipinski definition) is 1. The number of rotatable bonds is 2. The number of ether oxygens (including phenoxy) is 1. The number of ketones is 1. The molecule has 4 atom stereocenters. The number of nitrogens with one attached hydrogen (secondary N) is 1. The molecule has 5 heteroatoms. The Hall–Kier alpha value is -2.14. The van der Waals surface area contributed by atoms with Crippen LogP contribution in [0.1, 0.15) is 35.8 Å². The summed E-state index contributed by atoms with van der Waals surface area (Å²) in [6.07, 6.45) is 2.05. The summed E-state index contributed by atoms with van der Waals surface area (Å²) in [4.78, 5) is 31.5. The Morgan fingerprint density at radius 3 is 2.81 bits per heavy atom. The van der Waals surface area contributed by atoms with Gasteiger partial charge in [0.2, 0.25) is 0 Å². The Balaban J connectivity index is 1.88. The number of carbonyl (C=O) groups is 2. The molecule has 0 spiro atoms. The molecule has 26 heavy (non-hydrogen) atoms. The zero-order valence-corrected chi connectivity index (χ0v) is 15.6. The highest BCUT2D eigenvalue weighted by Gasteiger charge is 2.48. The molecule has 1 aromatic heterocycles. The number of H-pyrrole nitrogens is 1. The third-order valence-corrected chi connectivity index (χ3v) is 6.49. The van der Waals surface area contributed by atoms with Crippen LogP contribution < -0.4 is 0 Å². The number of fused-ring (bicyclic) bond motifs is 5. The Labute approximate surface area is 153 Å². The van der Waals surface area contributed by atoms with Gasteiger partial charge in [-0.1, -0.05) is 31.5 Å². The molecular formula is C21H26N2O3.